The van der Waals surface area contributed by atoms with Crippen molar-refractivity contribution in [3.05, 3.63) is 18.2 Å². The lowest BCUT2D eigenvalue weighted by Gasteiger charge is -2.10. The topological polar surface area (TPSA) is 36.9 Å². The van der Waals surface area contributed by atoms with E-state index < -0.39 is 0 Å². The predicted octanol–water partition coefficient (Wildman–Crippen LogP) is 1.94. The fraction of sp³-hybridized carbons (Fsp3) is 0.400. The molecule has 4 nitrogen and oxygen atoms in total. The van der Waals surface area contributed by atoms with Crippen LogP contribution in [0.4, 0.5) is 0 Å². The third-order valence-electron chi connectivity index (χ3n) is 1.61. The van der Waals surface area contributed by atoms with Gasteiger partial charge in [-0.15, -0.1) is 12.6 Å². The third-order valence-corrected chi connectivity index (χ3v) is 1.98. The van der Waals surface area contributed by atoms with Crippen molar-refractivity contribution in [1.29, 1.82) is 0 Å². The van der Waals surface area contributed by atoms with Gasteiger partial charge in [0.15, 0.2) is 13.6 Å². The highest BCUT2D eigenvalue weighted by Crippen LogP contribution is 2.27. The molecule has 1 aromatic carbocycles. The molecule has 0 aromatic heterocycles. The van der Waals surface area contributed by atoms with Crippen LogP contribution in [0.25, 0.3) is 0 Å². The zero-order chi connectivity index (χ0) is 11.1. The van der Waals surface area contributed by atoms with Crippen LogP contribution in [0.1, 0.15) is 0 Å². The Morgan fingerprint density at radius 1 is 1.07 bits per heavy atom. The van der Waals surface area contributed by atoms with Gasteiger partial charge < -0.3 is 18.9 Å². The van der Waals surface area contributed by atoms with Crippen LogP contribution in [-0.2, 0) is 9.47 Å². The molecule has 0 unspecified atom stereocenters. The second kappa shape index (κ2) is 6.55. The number of hydrogen-bond donors (Lipinski definition) is 1. The highest BCUT2D eigenvalue weighted by molar-refractivity contribution is 7.80. The first-order valence-corrected chi connectivity index (χ1v) is 4.79. The standard InChI is InChI=1S/C10H14O4S/c1-11-6-13-8-3-4-10(15)9(5-8)14-7-12-2/h3-5,15H,6-7H2,1-2H3. The number of ether oxygens (including phenoxy) is 4. The summed E-state index contributed by atoms with van der Waals surface area (Å²) in [6, 6.07) is 5.32. The number of hydrogen-bond acceptors (Lipinski definition) is 5. The van der Waals surface area contributed by atoms with E-state index in [1.807, 2.05) is 0 Å². The maximum Gasteiger partial charge on any atom is 0.188 e. The molecule has 0 N–H and O–H groups in total. The lowest BCUT2D eigenvalue weighted by molar-refractivity contribution is 0.0447. The van der Waals surface area contributed by atoms with Gasteiger partial charge in [-0.1, -0.05) is 0 Å². The molecule has 15 heavy (non-hydrogen) atoms. The molecular formula is C10H14O4S. The summed E-state index contributed by atoms with van der Waals surface area (Å²) < 4.78 is 20.1. The van der Waals surface area contributed by atoms with Crippen molar-refractivity contribution < 1.29 is 18.9 Å². The average molecular weight is 230 g/mol. The molecule has 0 aliphatic rings. The molecule has 0 saturated heterocycles. The van der Waals surface area contributed by atoms with Crippen LogP contribution in [0, 0.1) is 0 Å². The normalized spacial score (nSPS) is 10.1. The minimum Gasteiger partial charge on any atom is -0.467 e. The summed E-state index contributed by atoms with van der Waals surface area (Å²) >= 11 is 4.24. The maximum atomic E-state index is 5.29. The van der Waals surface area contributed by atoms with Crippen molar-refractivity contribution in [2.45, 2.75) is 4.90 Å². The summed E-state index contributed by atoms with van der Waals surface area (Å²) in [6.07, 6.45) is 0. The van der Waals surface area contributed by atoms with Crippen LogP contribution in [0.15, 0.2) is 23.1 Å². The predicted molar refractivity (Wildman–Crippen MR) is 58.7 cm³/mol. The second-order valence-electron chi connectivity index (χ2n) is 2.73. The Labute approximate surface area is 94.5 Å². The quantitative estimate of drug-likeness (QED) is 0.598. The molecule has 0 bridgehead atoms. The van der Waals surface area contributed by atoms with Crippen molar-refractivity contribution in [3.63, 3.8) is 0 Å². The molecule has 0 aliphatic carbocycles. The SMILES string of the molecule is COCOc1ccc(S)c(OCOC)c1. The van der Waals surface area contributed by atoms with E-state index in [4.69, 9.17) is 18.9 Å². The minimum absolute atomic E-state index is 0.182. The first-order valence-electron chi connectivity index (χ1n) is 4.34. The Balaban J connectivity index is 2.66. The van der Waals surface area contributed by atoms with E-state index in [9.17, 15) is 0 Å². The van der Waals surface area contributed by atoms with Crippen molar-refractivity contribution in [3.8, 4) is 11.5 Å². The summed E-state index contributed by atoms with van der Waals surface area (Å²) in [4.78, 5) is 0.733. The van der Waals surface area contributed by atoms with Gasteiger partial charge in [0, 0.05) is 25.2 Å². The van der Waals surface area contributed by atoms with Gasteiger partial charge in [-0.05, 0) is 12.1 Å². The molecule has 1 aromatic rings. The van der Waals surface area contributed by atoms with E-state index in [-0.39, 0.29) is 13.6 Å². The van der Waals surface area contributed by atoms with Gasteiger partial charge in [0.2, 0.25) is 0 Å². The first kappa shape index (κ1) is 12.2. The van der Waals surface area contributed by atoms with Gasteiger partial charge in [0.05, 0.1) is 0 Å². The van der Waals surface area contributed by atoms with E-state index in [2.05, 4.69) is 12.6 Å². The second-order valence-corrected chi connectivity index (χ2v) is 3.21. The first-order chi connectivity index (χ1) is 7.27. The molecule has 5 heteroatoms. The molecule has 0 radical (unpaired) electrons. The molecule has 0 aliphatic heterocycles. The Morgan fingerprint density at radius 2 is 1.73 bits per heavy atom. The molecule has 1 rings (SSSR count). The molecule has 84 valence electrons. The van der Waals surface area contributed by atoms with Gasteiger partial charge in [-0.3, -0.25) is 0 Å². The molecule has 0 fully saturated rings. The van der Waals surface area contributed by atoms with Gasteiger partial charge >= 0.3 is 0 Å². The van der Waals surface area contributed by atoms with Crippen molar-refractivity contribution in [2.75, 3.05) is 27.8 Å². The van der Waals surface area contributed by atoms with E-state index in [1.165, 1.54) is 0 Å². The van der Waals surface area contributed by atoms with Gasteiger partial charge in [0.25, 0.3) is 0 Å². The fourth-order valence-corrected chi connectivity index (χ4v) is 1.15. The van der Waals surface area contributed by atoms with Crippen molar-refractivity contribution in [1.82, 2.24) is 0 Å². The van der Waals surface area contributed by atoms with E-state index in [0.29, 0.717) is 11.5 Å². The summed E-state index contributed by atoms with van der Waals surface area (Å²) in [7, 11) is 3.12. The number of thiol groups is 1. The van der Waals surface area contributed by atoms with Gasteiger partial charge in [-0.25, -0.2) is 0 Å². The lowest BCUT2D eigenvalue weighted by atomic mass is 10.3. The highest BCUT2D eigenvalue weighted by atomic mass is 32.1. The zero-order valence-electron chi connectivity index (χ0n) is 8.73. The molecule has 0 heterocycles. The van der Waals surface area contributed by atoms with Crippen LogP contribution in [0.3, 0.4) is 0 Å². The monoisotopic (exact) mass is 230 g/mol. The number of benzene rings is 1. The highest BCUT2D eigenvalue weighted by Gasteiger charge is 2.02. The molecular weight excluding hydrogens is 216 g/mol. The smallest absolute Gasteiger partial charge is 0.188 e. The summed E-state index contributed by atoms with van der Waals surface area (Å²) in [6.45, 7) is 0.386. The van der Waals surface area contributed by atoms with E-state index in [0.717, 1.165) is 4.90 Å². The fourth-order valence-electron chi connectivity index (χ4n) is 0.949. The summed E-state index contributed by atoms with van der Waals surface area (Å²) in [5, 5.41) is 0. The zero-order valence-corrected chi connectivity index (χ0v) is 9.62. The molecule has 0 amide bonds. The molecule has 0 spiro atoms. The third kappa shape index (κ3) is 3.99. The Hall–Kier alpha value is -0.910. The Bertz CT molecular complexity index is 303. The van der Waals surface area contributed by atoms with E-state index >= 15 is 0 Å². The van der Waals surface area contributed by atoms with Crippen molar-refractivity contribution in [2.24, 2.45) is 0 Å². The molecule has 0 atom stereocenters. The van der Waals surface area contributed by atoms with Crippen LogP contribution >= 0.6 is 12.6 Å². The summed E-state index contributed by atoms with van der Waals surface area (Å²) in [5.41, 5.74) is 0. The average Bonchev–Trinajstić information content (AvgIpc) is 2.26. The van der Waals surface area contributed by atoms with E-state index in [1.54, 1.807) is 32.4 Å². The number of methoxy groups -OCH3 is 2. The van der Waals surface area contributed by atoms with Crippen LogP contribution in [0.5, 0.6) is 11.5 Å². The van der Waals surface area contributed by atoms with Gasteiger partial charge in [0.1, 0.15) is 11.5 Å². The largest absolute Gasteiger partial charge is 0.467 e. The Morgan fingerprint density at radius 3 is 2.40 bits per heavy atom. The van der Waals surface area contributed by atoms with Crippen molar-refractivity contribution >= 4 is 12.6 Å². The number of rotatable bonds is 6. The molecule has 0 saturated carbocycles. The minimum atomic E-state index is 0.182. The van der Waals surface area contributed by atoms with Gasteiger partial charge in [-0.2, -0.15) is 0 Å². The van der Waals surface area contributed by atoms with Crippen LogP contribution < -0.4 is 9.47 Å². The lowest BCUT2D eigenvalue weighted by Crippen LogP contribution is -2.02. The Kier molecular flexibility index (Phi) is 5.31. The maximum absolute atomic E-state index is 5.29. The van der Waals surface area contributed by atoms with Crippen LogP contribution in [-0.4, -0.2) is 27.8 Å². The van der Waals surface area contributed by atoms with Crippen LogP contribution in [0.2, 0.25) is 0 Å². The summed E-state index contributed by atoms with van der Waals surface area (Å²) in [5.74, 6) is 1.29.